The fourth-order valence-corrected chi connectivity index (χ4v) is 2.63. The molecule has 0 fully saturated rings. The fraction of sp³-hybridized carbons (Fsp3) is 0.0625. The van der Waals surface area contributed by atoms with E-state index >= 15 is 0 Å². The van der Waals surface area contributed by atoms with Crippen molar-refractivity contribution in [2.24, 2.45) is 0 Å². The Morgan fingerprint density at radius 3 is 2.32 bits per heavy atom. The molecule has 3 rings (SSSR count). The summed E-state index contributed by atoms with van der Waals surface area (Å²) >= 11 is 1.65. The number of imide groups is 1. The van der Waals surface area contributed by atoms with E-state index in [2.05, 4.69) is 0 Å². The van der Waals surface area contributed by atoms with Crippen molar-refractivity contribution in [2.45, 2.75) is 6.92 Å². The van der Waals surface area contributed by atoms with Crippen LogP contribution in [0.4, 0.5) is 0 Å². The first-order valence-corrected chi connectivity index (χ1v) is 7.41. The van der Waals surface area contributed by atoms with Crippen LogP contribution in [0.3, 0.4) is 0 Å². The molecule has 2 aromatic carbocycles. The van der Waals surface area contributed by atoms with Gasteiger partial charge in [0.2, 0.25) is 0 Å². The first-order valence-electron chi connectivity index (χ1n) is 6.45. The largest absolute Gasteiger partial charge is 0.423 e. The molecule has 2 amide bonds. The van der Waals surface area contributed by atoms with E-state index < -0.39 is 11.9 Å². The van der Waals surface area contributed by atoms with Crippen LogP contribution in [0.2, 0.25) is 0 Å². The van der Waals surface area contributed by atoms with Crippen molar-refractivity contribution < 1.29 is 19.1 Å². The van der Waals surface area contributed by atoms with Crippen LogP contribution < -0.4 is 4.74 Å². The van der Waals surface area contributed by atoms with Gasteiger partial charge in [0.05, 0.1) is 39.6 Å². The number of hydrogen-bond donors (Lipinski definition) is 0. The number of ether oxygens (including phenoxy) is 1. The van der Waals surface area contributed by atoms with Crippen LogP contribution >= 0.6 is 22.9 Å². The predicted octanol–water partition coefficient (Wildman–Crippen LogP) is 3.16. The summed E-state index contributed by atoms with van der Waals surface area (Å²) < 4.78 is 6.25. The molecule has 0 aromatic heterocycles. The number of rotatable bonds is 2. The summed E-state index contributed by atoms with van der Waals surface area (Å²) in [4.78, 5) is 35.9. The Balaban J connectivity index is 1.87. The van der Waals surface area contributed by atoms with Crippen molar-refractivity contribution in [1.29, 1.82) is 0 Å². The highest BCUT2D eigenvalue weighted by Crippen LogP contribution is 2.27. The average molecular weight is 407 g/mol. The maximum atomic E-state index is 12.1. The summed E-state index contributed by atoms with van der Waals surface area (Å²) in [6.45, 7) is 1.94. The number of nitrogens with zero attached hydrogens (tertiary/aromatic N) is 1. The van der Waals surface area contributed by atoms with Crippen LogP contribution in [-0.2, 0) is 0 Å². The van der Waals surface area contributed by atoms with Crippen molar-refractivity contribution in [1.82, 2.24) is 3.11 Å². The Kier molecular flexibility index (Phi) is 3.69. The second-order valence-corrected chi connectivity index (χ2v) is 5.82. The lowest BCUT2D eigenvalue weighted by Crippen LogP contribution is -2.17. The van der Waals surface area contributed by atoms with E-state index in [0.717, 1.165) is 8.68 Å². The van der Waals surface area contributed by atoms with Crippen molar-refractivity contribution in [3.05, 3.63) is 64.7 Å². The molecule has 0 atom stereocenters. The van der Waals surface area contributed by atoms with Crippen molar-refractivity contribution in [3.8, 4) is 5.75 Å². The highest BCUT2D eigenvalue weighted by Gasteiger charge is 2.34. The number of carbonyl (C=O) groups is 3. The van der Waals surface area contributed by atoms with E-state index in [1.807, 2.05) is 19.1 Å². The zero-order valence-electron chi connectivity index (χ0n) is 11.5. The Labute approximate surface area is 140 Å². The number of halogens is 1. The van der Waals surface area contributed by atoms with Crippen molar-refractivity contribution in [2.75, 3.05) is 0 Å². The summed E-state index contributed by atoms with van der Waals surface area (Å²) in [5, 5.41) is 0. The molecular weight excluding hydrogens is 397 g/mol. The molecule has 22 heavy (non-hydrogen) atoms. The molecule has 0 aliphatic carbocycles. The van der Waals surface area contributed by atoms with Gasteiger partial charge in [0, 0.05) is 0 Å². The third-order valence-corrected chi connectivity index (χ3v) is 4.18. The van der Waals surface area contributed by atoms with Crippen molar-refractivity contribution in [3.63, 3.8) is 0 Å². The van der Waals surface area contributed by atoms with Gasteiger partial charge in [0.1, 0.15) is 5.75 Å². The van der Waals surface area contributed by atoms with Crippen LogP contribution in [-0.4, -0.2) is 20.9 Å². The van der Waals surface area contributed by atoms with Gasteiger partial charge in [0.15, 0.2) is 0 Å². The summed E-state index contributed by atoms with van der Waals surface area (Å²) in [7, 11) is 0. The molecule has 0 N–H and O–H groups in total. The molecule has 1 heterocycles. The molecule has 0 radical (unpaired) electrons. The lowest BCUT2D eigenvalue weighted by atomic mass is 10.1. The molecular formula is C16H10INO4. The molecule has 5 nitrogen and oxygen atoms in total. The quantitative estimate of drug-likeness (QED) is 0.252. The lowest BCUT2D eigenvalue weighted by Gasteiger charge is -2.05. The van der Waals surface area contributed by atoms with Crippen molar-refractivity contribution >= 4 is 40.6 Å². The standard InChI is InChI=1S/C16H10INO4/c1-9-2-5-11(6-3-9)22-16(21)10-4-7-12-13(8-10)15(20)18(17)14(12)19/h2-8H,1H3. The highest BCUT2D eigenvalue weighted by molar-refractivity contribution is 14.1. The van der Waals surface area contributed by atoms with E-state index in [9.17, 15) is 14.4 Å². The fourth-order valence-electron chi connectivity index (χ4n) is 2.11. The van der Waals surface area contributed by atoms with Crippen LogP contribution in [0, 0.1) is 6.92 Å². The van der Waals surface area contributed by atoms with Gasteiger partial charge in [-0.2, -0.15) is 0 Å². The Hall–Kier alpha value is -2.22. The topological polar surface area (TPSA) is 63.7 Å². The van der Waals surface area contributed by atoms with Gasteiger partial charge in [-0.1, -0.05) is 17.7 Å². The molecule has 1 aliphatic heterocycles. The maximum absolute atomic E-state index is 12.1. The van der Waals surface area contributed by atoms with Gasteiger partial charge >= 0.3 is 5.97 Å². The van der Waals surface area contributed by atoms with Crippen LogP contribution in [0.25, 0.3) is 0 Å². The monoisotopic (exact) mass is 407 g/mol. The van der Waals surface area contributed by atoms with Gasteiger partial charge in [-0.25, -0.2) is 7.91 Å². The molecule has 0 saturated carbocycles. The Morgan fingerprint density at radius 2 is 1.64 bits per heavy atom. The molecule has 0 unspecified atom stereocenters. The van der Waals surface area contributed by atoms with E-state index in [4.69, 9.17) is 4.74 Å². The van der Waals surface area contributed by atoms with Gasteiger partial charge in [-0.15, -0.1) is 0 Å². The minimum absolute atomic E-state index is 0.220. The predicted molar refractivity (Wildman–Crippen MR) is 87.1 cm³/mol. The number of benzene rings is 2. The third kappa shape index (κ3) is 2.50. The smallest absolute Gasteiger partial charge is 0.343 e. The zero-order valence-corrected chi connectivity index (χ0v) is 13.7. The molecule has 0 saturated heterocycles. The second kappa shape index (κ2) is 5.53. The Bertz CT molecular complexity index is 798. The maximum Gasteiger partial charge on any atom is 0.343 e. The normalized spacial score (nSPS) is 13.3. The molecule has 0 bridgehead atoms. The van der Waals surface area contributed by atoms with Crippen LogP contribution in [0.15, 0.2) is 42.5 Å². The van der Waals surface area contributed by atoms with Gasteiger partial charge < -0.3 is 4.74 Å². The molecule has 110 valence electrons. The number of amides is 2. The number of aryl methyl sites for hydroxylation is 1. The number of carbonyl (C=O) groups excluding carboxylic acids is 3. The van der Waals surface area contributed by atoms with Crippen LogP contribution in [0.1, 0.15) is 36.6 Å². The SMILES string of the molecule is Cc1ccc(OC(=O)c2ccc3c(c2)C(=O)N(I)C3=O)cc1. The van der Waals surface area contributed by atoms with E-state index in [1.165, 1.54) is 18.2 Å². The first kappa shape index (κ1) is 14.7. The summed E-state index contributed by atoms with van der Waals surface area (Å²) in [6, 6.07) is 11.4. The summed E-state index contributed by atoms with van der Waals surface area (Å²) in [5.74, 6) is -0.947. The van der Waals surface area contributed by atoms with Gasteiger partial charge in [-0.3, -0.25) is 9.59 Å². The molecule has 6 heteroatoms. The first-order chi connectivity index (χ1) is 10.5. The summed E-state index contributed by atoms with van der Waals surface area (Å²) in [5.41, 5.74) is 1.81. The van der Waals surface area contributed by atoms with E-state index in [0.29, 0.717) is 11.3 Å². The van der Waals surface area contributed by atoms with E-state index in [-0.39, 0.29) is 17.0 Å². The minimum Gasteiger partial charge on any atom is -0.423 e. The zero-order chi connectivity index (χ0) is 15.9. The van der Waals surface area contributed by atoms with Gasteiger partial charge in [0.25, 0.3) is 11.8 Å². The second-order valence-electron chi connectivity index (χ2n) is 4.85. The average Bonchev–Trinajstić information content (AvgIpc) is 2.74. The van der Waals surface area contributed by atoms with E-state index in [1.54, 1.807) is 35.0 Å². The number of hydrogen-bond acceptors (Lipinski definition) is 4. The Morgan fingerprint density at radius 1 is 1.00 bits per heavy atom. The number of fused-ring (bicyclic) bond motifs is 1. The molecule has 1 aliphatic rings. The minimum atomic E-state index is -0.571. The van der Waals surface area contributed by atoms with Crippen LogP contribution in [0.5, 0.6) is 5.75 Å². The summed E-state index contributed by atoms with van der Waals surface area (Å²) in [6.07, 6.45) is 0. The molecule has 2 aromatic rings. The highest BCUT2D eigenvalue weighted by atomic mass is 127. The van der Waals surface area contributed by atoms with Gasteiger partial charge in [-0.05, 0) is 37.3 Å². The molecule has 0 spiro atoms. The lowest BCUT2D eigenvalue weighted by molar-refractivity contribution is 0.0733. The third-order valence-electron chi connectivity index (χ3n) is 3.30. The number of esters is 1.